The van der Waals surface area contributed by atoms with Crippen molar-refractivity contribution < 1.29 is 9.21 Å². The fourth-order valence-electron chi connectivity index (χ4n) is 2.63. The molecule has 2 aromatic heterocycles. The van der Waals surface area contributed by atoms with Gasteiger partial charge in [0, 0.05) is 19.5 Å². The molecule has 6 nitrogen and oxygen atoms in total. The number of carbonyl (C=O) groups is 1. The molecule has 3 rings (SSSR count). The Balaban J connectivity index is 1.53. The number of amides is 1. The van der Waals surface area contributed by atoms with Gasteiger partial charge in [-0.3, -0.25) is 9.89 Å². The molecule has 1 saturated heterocycles. The van der Waals surface area contributed by atoms with Gasteiger partial charge in [-0.15, -0.1) is 0 Å². The van der Waals surface area contributed by atoms with Gasteiger partial charge in [-0.1, -0.05) is 0 Å². The highest BCUT2D eigenvalue weighted by molar-refractivity contribution is 5.91. The Kier molecular flexibility index (Phi) is 3.54. The molecule has 1 aliphatic rings. The van der Waals surface area contributed by atoms with Crippen LogP contribution in [0.3, 0.4) is 0 Å². The highest BCUT2D eigenvalue weighted by Crippen LogP contribution is 2.21. The van der Waals surface area contributed by atoms with Gasteiger partial charge in [0.1, 0.15) is 5.82 Å². The van der Waals surface area contributed by atoms with Crippen molar-refractivity contribution in [3.63, 3.8) is 0 Å². The lowest BCUT2D eigenvalue weighted by Gasteiger charge is -2.31. The summed E-state index contributed by atoms with van der Waals surface area (Å²) in [5.41, 5.74) is 0. The van der Waals surface area contributed by atoms with E-state index in [-0.39, 0.29) is 5.91 Å². The molecule has 1 N–H and O–H groups in total. The Labute approximate surface area is 117 Å². The third kappa shape index (κ3) is 2.74. The van der Waals surface area contributed by atoms with E-state index in [4.69, 9.17) is 4.42 Å². The van der Waals surface area contributed by atoms with Gasteiger partial charge in [-0.2, -0.15) is 5.10 Å². The lowest BCUT2D eigenvalue weighted by molar-refractivity contribution is 0.0658. The molecule has 1 amide bonds. The van der Waals surface area contributed by atoms with Crippen molar-refractivity contribution in [3.05, 3.63) is 35.8 Å². The maximum Gasteiger partial charge on any atom is 0.289 e. The number of nitrogens with one attached hydrogen (secondary N) is 1. The number of H-pyrrole nitrogens is 1. The lowest BCUT2D eigenvalue weighted by atomic mass is 9.93. The minimum atomic E-state index is -0.0119. The number of hydrogen-bond acceptors (Lipinski definition) is 4. The lowest BCUT2D eigenvalue weighted by Crippen LogP contribution is -2.38. The van der Waals surface area contributed by atoms with Crippen LogP contribution in [-0.2, 0) is 6.42 Å². The normalized spacial score (nSPS) is 16.6. The summed E-state index contributed by atoms with van der Waals surface area (Å²) in [7, 11) is 0. The van der Waals surface area contributed by atoms with Crippen LogP contribution in [0.5, 0.6) is 0 Å². The van der Waals surface area contributed by atoms with Crippen molar-refractivity contribution in [1.29, 1.82) is 0 Å². The zero-order valence-corrected chi connectivity index (χ0v) is 11.5. The Morgan fingerprint density at radius 1 is 1.50 bits per heavy atom. The molecule has 1 aliphatic heterocycles. The number of aromatic nitrogens is 3. The molecule has 0 aliphatic carbocycles. The number of aryl methyl sites for hydroxylation is 1. The molecule has 0 atom stereocenters. The first-order valence-electron chi connectivity index (χ1n) is 6.93. The third-order valence-corrected chi connectivity index (χ3v) is 3.75. The minimum Gasteiger partial charge on any atom is -0.459 e. The number of piperidine rings is 1. The largest absolute Gasteiger partial charge is 0.459 e. The van der Waals surface area contributed by atoms with E-state index in [1.807, 2.05) is 11.8 Å². The summed E-state index contributed by atoms with van der Waals surface area (Å²) >= 11 is 0. The van der Waals surface area contributed by atoms with Crippen molar-refractivity contribution in [1.82, 2.24) is 20.1 Å². The van der Waals surface area contributed by atoms with Gasteiger partial charge in [0.15, 0.2) is 11.6 Å². The Morgan fingerprint density at radius 2 is 2.30 bits per heavy atom. The predicted octanol–water partition coefficient (Wildman–Crippen LogP) is 1.80. The second-order valence-electron chi connectivity index (χ2n) is 5.25. The van der Waals surface area contributed by atoms with Gasteiger partial charge in [0.2, 0.25) is 0 Å². The number of nitrogens with zero attached hydrogens (tertiary/aromatic N) is 3. The zero-order valence-electron chi connectivity index (χ0n) is 11.5. The van der Waals surface area contributed by atoms with E-state index in [0.717, 1.165) is 44.0 Å². The van der Waals surface area contributed by atoms with Crippen molar-refractivity contribution >= 4 is 5.91 Å². The van der Waals surface area contributed by atoms with Crippen LogP contribution >= 0.6 is 0 Å². The van der Waals surface area contributed by atoms with Crippen molar-refractivity contribution in [2.75, 3.05) is 13.1 Å². The quantitative estimate of drug-likeness (QED) is 0.926. The van der Waals surface area contributed by atoms with E-state index in [1.54, 1.807) is 12.1 Å². The van der Waals surface area contributed by atoms with E-state index in [0.29, 0.717) is 11.7 Å². The summed E-state index contributed by atoms with van der Waals surface area (Å²) in [4.78, 5) is 18.3. The van der Waals surface area contributed by atoms with Crippen LogP contribution in [-0.4, -0.2) is 39.1 Å². The summed E-state index contributed by atoms with van der Waals surface area (Å²) in [6.45, 7) is 3.45. The summed E-state index contributed by atoms with van der Waals surface area (Å²) in [6, 6.07) is 3.45. The van der Waals surface area contributed by atoms with Gasteiger partial charge >= 0.3 is 0 Å². The fourth-order valence-corrected chi connectivity index (χ4v) is 2.63. The summed E-state index contributed by atoms with van der Waals surface area (Å²) < 4.78 is 5.16. The molecule has 0 spiro atoms. The molecule has 1 fully saturated rings. The van der Waals surface area contributed by atoms with Crippen LogP contribution in [0.25, 0.3) is 0 Å². The van der Waals surface area contributed by atoms with Crippen molar-refractivity contribution in [2.24, 2.45) is 5.92 Å². The molecule has 0 unspecified atom stereocenters. The predicted molar refractivity (Wildman–Crippen MR) is 72.2 cm³/mol. The number of likely N-dealkylation sites (tertiary alicyclic amines) is 1. The molecule has 6 heteroatoms. The molecule has 0 bridgehead atoms. The number of furan rings is 1. The maximum absolute atomic E-state index is 12.1. The Morgan fingerprint density at radius 3 is 2.90 bits per heavy atom. The van der Waals surface area contributed by atoms with E-state index in [9.17, 15) is 4.79 Å². The molecule has 20 heavy (non-hydrogen) atoms. The van der Waals surface area contributed by atoms with E-state index < -0.39 is 0 Å². The second kappa shape index (κ2) is 5.48. The fraction of sp³-hybridized carbons (Fsp3) is 0.500. The summed E-state index contributed by atoms with van der Waals surface area (Å²) in [5, 5.41) is 7.04. The molecule has 3 heterocycles. The van der Waals surface area contributed by atoms with E-state index >= 15 is 0 Å². The van der Waals surface area contributed by atoms with Gasteiger partial charge in [0.25, 0.3) is 5.91 Å². The van der Waals surface area contributed by atoms with Crippen molar-refractivity contribution in [3.8, 4) is 0 Å². The first kappa shape index (κ1) is 12.9. The van der Waals surface area contributed by atoms with Crippen molar-refractivity contribution in [2.45, 2.75) is 26.2 Å². The van der Waals surface area contributed by atoms with E-state index in [2.05, 4.69) is 15.2 Å². The molecular weight excluding hydrogens is 256 g/mol. The third-order valence-electron chi connectivity index (χ3n) is 3.75. The van der Waals surface area contributed by atoms with Gasteiger partial charge in [0.05, 0.1) is 6.26 Å². The van der Waals surface area contributed by atoms with Gasteiger partial charge in [-0.05, 0) is 37.8 Å². The number of aromatic amines is 1. The van der Waals surface area contributed by atoms with Crippen LogP contribution in [0.4, 0.5) is 0 Å². The highest BCUT2D eigenvalue weighted by atomic mass is 16.3. The monoisotopic (exact) mass is 274 g/mol. The average Bonchev–Trinajstić information content (AvgIpc) is 3.11. The number of carbonyl (C=O) groups excluding carboxylic acids is 1. The van der Waals surface area contributed by atoms with Crippen LogP contribution < -0.4 is 0 Å². The standard InChI is InChI=1S/C14H18N4O2/c1-10-15-13(17-16-10)9-11-4-6-18(7-5-11)14(19)12-3-2-8-20-12/h2-3,8,11H,4-7,9H2,1H3,(H,15,16,17). The minimum absolute atomic E-state index is 0.0119. The number of hydrogen-bond donors (Lipinski definition) is 1. The molecular formula is C14H18N4O2. The molecule has 0 radical (unpaired) electrons. The van der Waals surface area contributed by atoms with Crippen LogP contribution in [0.15, 0.2) is 22.8 Å². The highest BCUT2D eigenvalue weighted by Gasteiger charge is 2.25. The first-order valence-corrected chi connectivity index (χ1v) is 6.93. The first-order chi connectivity index (χ1) is 9.72. The molecule has 0 aromatic carbocycles. The molecule has 2 aromatic rings. The smallest absolute Gasteiger partial charge is 0.289 e. The SMILES string of the molecule is Cc1nc(CC2CCN(C(=O)c3ccco3)CC2)n[nH]1. The Bertz CT molecular complexity index is 568. The van der Waals surface area contributed by atoms with Crippen LogP contribution in [0.1, 0.15) is 35.0 Å². The maximum atomic E-state index is 12.1. The number of rotatable bonds is 3. The summed E-state index contributed by atoms with van der Waals surface area (Å²) in [6.07, 6.45) is 4.39. The second-order valence-corrected chi connectivity index (χ2v) is 5.25. The topological polar surface area (TPSA) is 75.0 Å². The Hall–Kier alpha value is -2.11. The molecule has 0 saturated carbocycles. The zero-order chi connectivity index (χ0) is 13.9. The van der Waals surface area contributed by atoms with Gasteiger partial charge in [-0.25, -0.2) is 4.98 Å². The van der Waals surface area contributed by atoms with Gasteiger partial charge < -0.3 is 9.32 Å². The summed E-state index contributed by atoms with van der Waals surface area (Å²) in [5.74, 6) is 2.69. The van der Waals surface area contributed by atoms with Crippen LogP contribution in [0.2, 0.25) is 0 Å². The van der Waals surface area contributed by atoms with E-state index in [1.165, 1.54) is 6.26 Å². The average molecular weight is 274 g/mol. The molecule has 106 valence electrons. The van der Waals surface area contributed by atoms with Crippen LogP contribution in [0, 0.1) is 12.8 Å².